The van der Waals surface area contributed by atoms with Crippen molar-refractivity contribution in [1.82, 2.24) is 5.32 Å². The summed E-state index contributed by atoms with van der Waals surface area (Å²) < 4.78 is 6.89. The zero-order valence-corrected chi connectivity index (χ0v) is 12.6. The number of halogens is 1. The van der Waals surface area contributed by atoms with Crippen molar-refractivity contribution >= 4 is 15.9 Å². The fourth-order valence-corrected chi connectivity index (χ4v) is 3.18. The van der Waals surface area contributed by atoms with Gasteiger partial charge in [-0.1, -0.05) is 35.3 Å². The minimum atomic E-state index is 0.709. The van der Waals surface area contributed by atoms with Crippen molar-refractivity contribution < 1.29 is 4.74 Å². The Bertz CT molecular complexity index is 369. The van der Waals surface area contributed by atoms with Gasteiger partial charge < -0.3 is 10.1 Å². The minimum absolute atomic E-state index is 0.709. The van der Waals surface area contributed by atoms with Crippen LogP contribution in [0.4, 0.5) is 0 Å². The molecule has 0 saturated heterocycles. The first-order valence-corrected chi connectivity index (χ1v) is 7.70. The molecule has 18 heavy (non-hydrogen) atoms. The predicted molar refractivity (Wildman–Crippen MR) is 79.1 cm³/mol. The van der Waals surface area contributed by atoms with Gasteiger partial charge in [-0.25, -0.2) is 0 Å². The lowest BCUT2D eigenvalue weighted by atomic mass is 10.00. The highest BCUT2D eigenvalue weighted by molar-refractivity contribution is 9.10. The van der Waals surface area contributed by atoms with E-state index in [4.69, 9.17) is 4.74 Å². The molecule has 0 aromatic heterocycles. The van der Waals surface area contributed by atoms with Crippen molar-refractivity contribution in [2.75, 3.05) is 13.2 Å². The molecule has 0 aliphatic heterocycles. The molecule has 0 radical (unpaired) electrons. The lowest BCUT2D eigenvalue weighted by Crippen LogP contribution is -2.32. The van der Waals surface area contributed by atoms with E-state index in [-0.39, 0.29) is 0 Å². The molecule has 1 aromatic rings. The van der Waals surface area contributed by atoms with E-state index >= 15 is 0 Å². The molecule has 1 fully saturated rings. The number of hydrogen-bond acceptors (Lipinski definition) is 2. The maximum absolute atomic E-state index is 5.82. The summed E-state index contributed by atoms with van der Waals surface area (Å²) in [6, 6.07) is 8.78. The van der Waals surface area contributed by atoms with Crippen LogP contribution in [-0.2, 0) is 0 Å². The van der Waals surface area contributed by atoms with E-state index < -0.39 is 0 Å². The van der Waals surface area contributed by atoms with Crippen molar-refractivity contribution in [2.24, 2.45) is 5.92 Å². The van der Waals surface area contributed by atoms with Crippen molar-refractivity contribution in [3.05, 3.63) is 28.7 Å². The summed E-state index contributed by atoms with van der Waals surface area (Å²) in [5.41, 5.74) is 0. The van der Waals surface area contributed by atoms with Gasteiger partial charge >= 0.3 is 0 Å². The highest BCUT2D eigenvalue weighted by atomic mass is 79.9. The van der Waals surface area contributed by atoms with Crippen LogP contribution in [0.25, 0.3) is 0 Å². The summed E-state index contributed by atoms with van der Waals surface area (Å²) in [4.78, 5) is 0. The summed E-state index contributed by atoms with van der Waals surface area (Å²) >= 11 is 3.46. The number of hydrogen-bond donors (Lipinski definition) is 1. The average Bonchev–Trinajstić information content (AvgIpc) is 2.78. The van der Waals surface area contributed by atoms with Crippen LogP contribution in [0.1, 0.15) is 32.6 Å². The zero-order valence-electron chi connectivity index (χ0n) is 11.0. The Morgan fingerprint density at radius 1 is 1.39 bits per heavy atom. The predicted octanol–water partition coefficient (Wildman–Crippen LogP) is 4.00. The molecule has 3 heteroatoms. The molecule has 1 aromatic carbocycles. The Kier molecular flexibility index (Phi) is 5.51. The largest absolute Gasteiger partial charge is 0.494 e. The van der Waals surface area contributed by atoms with Crippen LogP contribution in [0.2, 0.25) is 0 Å². The van der Waals surface area contributed by atoms with Gasteiger partial charge in [-0.3, -0.25) is 0 Å². The number of ether oxygens (including phenoxy) is 1. The number of benzene rings is 1. The van der Waals surface area contributed by atoms with Gasteiger partial charge in [-0.2, -0.15) is 0 Å². The summed E-state index contributed by atoms with van der Waals surface area (Å²) in [5.74, 6) is 1.75. The molecule has 2 unspecified atom stereocenters. The van der Waals surface area contributed by atoms with Crippen LogP contribution in [0.5, 0.6) is 5.75 Å². The summed E-state index contributed by atoms with van der Waals surface area (Å²) in [6.45, 7) is 4.09. The van der Waals surface area contributed by atoms with E-state index in [9.17, 15) is 0 Å². The summed E-state index contributed by atoms with van der Waals surface area (Å²) in [6.07, 6.45) is 5.19. The van der Waals surface area contributed by atoms with Crippen LogP contribution in [-0.4, -0.2) is 19.2 Å². The molecular weight excluding hydrogens is 290 g/mol. The van der Waals surface area contributed by atoms with Gasteiger partial charge in [0.25, 0.3) is 0 Å². The van der Waals surface area contributed by atoms with Crippen LogP contribution in [0.15, 0.2) is 28.7 Å². The van der Waals surface area contributed by atoms with Gasteiger partial charge in [0, 0.05) is 10.5 Å². The monoisotopic (exact) mass is 311 g/mol. The second kappa shape index (κ2) is 7.15. The lowest BCUT2D eigenvalue weighted by molar-refractivity contribution is 0.261. The first kappa shape index (κ1) is 13.9. The molecule has 2 atom stereocenters. The molecule has 0 amide bonds. The SMILES string of the molecule is CCNC1CCCC1CCOc1cccc(Br)c1. The molecule has 100 valence electrons. The smallest absolute Gasteiger partial charge is 0.120 e. The molecular formula is C15H22BrNO. The fourth-order valence-electron chi connectivity index (χ4n) is 2.80. The van der Waals surface area contributed by atoms with Crippen molar-refractivity contribution in [3.63, 3.8) is 0 Å². The van der Waals surface area contributed by atoms with Crippen LogP contribution in [0.3, 0.4) is 0 Å². The molecule has 1 aliphatic carbocycles. The van der Waals surface area contributed by atoms with Crippen molar-refractivity contribution in [1.29, 1.82) is 0 Å². The number of nitrogens with one attached hydrogen (secondary N) is 1. The van der Waals surface area contributed by atoms with Gasteiger partial charge in [0.1, 0.15) is 5.75 Å². The van der Waals surface area contributed by atoms with Gasteiger partial charge in [0.15, 0.2) is 0 Å². The molecule has 1 aliphatic rings. The Balaban J connectivity index is 1.74. The highest BCUT2D eigenvalue weighted by Gasteiger charge is 2.25. The lowest BCUT2D eigenvalue weighted by Gasteiger charge is -2.20. The maximum atomic E-state index is 5.82. The molecule has 1 N–H and O–H groups in total. The molecule has 0 heterocycles. The minimum Gasteiger partial charge on any atom is -0.494 e. The first-order valence-electron chi connectivity index (χ1n) is 6.91. The Hall–Kier alpha value is -0.540. The van der Waals surface area contributed by atoms with E-state index in [2.05, 4.69) is 28.2 Å². The van der Waals surface area contributed by atoms with Crippen molar-refractivity contribution in [2.45, 2.75) is 38.6 Å². The topological polar surface area (TPSA) is 21.3 Å². The Morgan fingerprint density at radius 3 is 3.06 bits per heavy atom. The van der Waals surface area contributed by atoms with Crippen LogP contribution >= 0.6 is 15.9 Å². The maximum Gasteiger partial charge on any atom is 0.120 e. The van der Waals surface area contributed by atoms with E-state index in [0.717, 1.165) is 35.7 Å². The van der Waals surface area contributed by atoms with E-state index in [1.165, 1.54) is 19.3 Å². The van der Waals surface area contributed by atoms with Gasteiger partial charge in [-0.15, -0.1) is 0 Å². The van der Waals surface area contributed by atoms with Gasteiger partial charge in [0.2, 0.25) is 0 Å². The quantitative estimate of drug-likeness (QED) is 0.857. The van der Waals surface area contributed by atoms with Crippen molar-refractivity contribution in [3.8, 4) is 5.75 Å². The summed E-state index contributed by atoms with van der Waals surface area (Å²) in [7, 11) is 0. The third-order valence-corrected chi connectivity index (χ3v) is 4.17. The molecule has 0 bridgehead atoms. The molecule has 2 nitrogen and oxygen atoms in total. The molecule has 1 saturated carbocycles. The first-order chi connectivity index (χ1) is 8.79. The van der Waals surface area contributed by atoms with Gasteiger partial charge in [-0.05, 0) is 49.9 Å². The highest BCUT2D eigenvalue weighted by Crippen LogP contribution is 2.28. The third-order valence-electron chi connectivity index (χ3n) is 3.68. The normalized spacial score (nSPS) is 23.2. The summed E-state index contributed by atoms with van der Waals surface area (Å²) in [5, 5.41) is 3.59. The van der Waals surface area contributed by atoms with Crippen LogP contribution < -0.4 is 10.1 Å². The Morgan fingerprint density at radius 2 is 2.28 bits per heavy atom. The van der Waals surface area contributed by atoms with E-state index in [1.807, 2.05) is 24.3 Å². The molecule has 0 spiro atoms. The van der Waals surface area contributed by atoms with Gasteiger partial charge in [0.05, 0.1) is 6.61 Å². The number of rotatable bonds is 6. The zero-order chi connectivity index (χ0) is 12.8. The Labute approximate surface area is 118 Å². The molecule has 2 rings (SSSR count). The fraction of sp³-hybridized carbons (Fsp3) is 0.600. The van der Waals surface area contributed by atoms with E-state index in [0.29, 0.717) is 6.04 Å². The second-order valence-corrected chi connectivity index (χ2v) is 5.87. The van der Waals surface area contributed by atoms with Crippen LogP contribution in [0, 0.1) is 5.92 Å². The standard InChI is InChI=1S/C15H22BrNO/c1-2-17-15-8-3-5-12(15)9-10-18-14-7-4-6-13(16)11-14/h4,6-7,11-12,15,17H,2-3,5,8-10H2,1H3. The van der Waals surface area contributed by atoms with E-state index in [1.54, 1.807) is 0 Å². The third kappa shape index (κ3) is 3.99. The average molecular weight is 312 g/mol. The second-order valence-electron chi connectivity index (χ2n) is 4.95.